The zero-order valence-electron chi connectivity index (χ0n) is 12.6. The van der Waals surface area contributed by atoms with E-state index < -0.39 is 0 Å². The molecular weight excluding hydrogens is 312 g/mol. The SMILES string of the molecule is O=C(CCSCCC(=O)Oc1ccccc1)Oc1ccccc1. The molecule has 0 bridgehead atoms. The van der Waals surface area contributed by atoms with Crippen molar-refractivity contribution in [1.82, 2.24) is 0 Å². The minimum absolute atomic E-state index is 0.268. The van der Waals surface area contributed by atoms with E-state index in [1.807, 2.05) is 36.4 Å². The van der Waals surface area contributed by atoms with Crippen molar-refractivity contribution in [3.8, 4) is 11.5 Å². The lowest BCUT2D eigenvalue weighted by molar-refractivity contribution is -0.134. The summed E-state index contributed by atoms with van der Waals surface area (Å²) >= 11 is 1.53. The number of carbonyl (C=O) groups is 2. The van der Waals surface area contributed by atoms with E-state index in [1.54, 1.807) is 24.3 Å². The Bertz CT molecular complexity index is 558. The smallest absolute Gasteiger partial charge is 0.312 e. The van der Waals surface area contributed by atoms with Gasteiger partial charge >= 0.3 is 11.9 Å². The Morgan fingerprint density at radius 1 is 0.696 bits per heavy atom. The number of para-hydroxylation sites is 2. The van der Waals surface area contributed by atoms with Gasteiger partial charge in [0.15, 0.2) is 0 Å². The van der Waals surface area contributed by atoms with E-state index in [0.29, 0.717) is 35.8 Å². The molecule has 0 saturated carbocycles. The largest absolute Gasteiger partial charge is 0.427 e. The summed E-state index contributed by atoms with van der Waals surface area (Å²) in [4.78, 5) is 23.2. The molecule has 120 valence electrons. The van der Waals surface area contributed by atoms with Crippen molar-refractivity contribution >= 4 is 23.7 Å². The van der Waals surface area contributed by atoms with Gasteiger partial charge in [-0.2, -0.15) is 11.8 Å². The van der Waals surface area contributed by atoms with Gasteiger partial charge in [-0.25, -0.2) is 0 Å². The van der Waals surface area contributed by atoms with Crippen LogP contribution in [-0.2, 0) is 9.59 Å². The zero-order valence-corrected chi connectivity index (χ0v) is 13.5. The molecule has 2 aromatic rings. The van der Waals surface area contributed by atoms with Crippen molar-refractivity contribution in [2.45, 2.75) is 12.8 Å². The fourth-order valence-corrected chi connectivity index (χ4v) is 2.58. The summed E-state index contributed by atoms with van der Waals surface area (Å²) in [5.41, 5.74) is 0. The Labute approximate surface area is 139 Å². The van der Waals surface area contributed by atoms with E-state index in [-0.39, 0.29) is 11.9 Å². The number of benzene rings is 2. The Kier molecular flexibility index (Phi) is 7.20. The molecule has 0 aliphatic rings. The van der Waals surface area contributed by atoms with Crippen molar-refractivity contribution in [3.05, 3.63) is 60.7 Å². The Hall–Kier alpha value is -2.27. The molecule has 23 heavy (non-hydrogen) atoms. The summed E-state index contributed by atoms with van der Waals surface area (Å²) < 4.78 is 10.4. The van der Waals surface area contributed by atoms with Gasteiger partial charge in [0, 0.05) is 11.5 Å². The van der Waals surface area contributed by atoms with Gasteiger partial charge in [-0.1, -0.05) is 36.4 Å². The van der Waals surface area contributed by atoms with Crippen molar-refractivity contribution in [2.24, 2.45) is 0 Å². The van der Waals surface area contributed by atoms with Crippen LogP contribution in [0, 0.1) is 0 Å². The number of carbonyl (C=O) groups excluding carboxylic acids is 2. The van der Waals surface area contributed by atoms with Crippen molar-refractivity contribution in [1.29, 1.82) is 0 Å². The summed E-state index contributed by atoms with van der Waals surface area (Å²) in [6.07, 6.45) is 0.626. The molecule has 0 N–H and O–H groups in total. The number of thioether (sulfide) groups is 1. The molecule has 0 spiro atoms. The van der Waals surface area contributed by atoms with Crippen LogP contribution in [0.4, 0.5) is 0 Å². The van der Waals surface area contributed by atoms with Crippen molar-refractivity contribution < 1.29 is 19.1 Å². The summed E-state index contributed by atoms with van der Waals surface area (Å²) in [5.74, 6) is 1.79. The second kappa shape index (κ2) is 9.69. The molecule has 0 fully saturated rings. The third-order valence-electron chi connectivity index (χ3n) is 2.85. The maximum Gasteiger partial charge on any atom is 0.312 e. The molecule has 2 aromatic carbocycles. The fraction of sp³-hybridized carbons (Fsp3) is 0.222. The molecule has 0 unspecified atom stereocenters. The maximum absolute atomic E-state index is 11.6. The topological polar surface area (TPSA) is 52.6 Å². The lowest BCUT2D eigenvalue weighted by atomic mass is 10.3. The van der Waals surface area contributed by atoms with E-state index in [4.69, 9.17) is 9.47 Å². The van der Waals surface area contributed by atoms with Gasteiger partial charge in [0.1, 0.15) is 11.5 Å². The predicted molar refractivity (Wildman–Crippen MR) is 90.7 cm³/mol. The molecule has 5 heteroatoms. The van der Waals surface area contributed by atoms with E-state index in [1.165, 1.54) is 11.8 Å². The van der Waals surface area contributed by atoms with E-state index in [0.717, 1.165) is 0 Å². The van der Waals surface area contributed by atoms with Crippen LogP contribution in [0.5, 0.6) is 11.5 Å². The van der Waals surface area contributed by atoms with Crippen molar-refractivity contribution in [2.75, 3.05) is 11.5 Å². The standard InChI is InChI=1S/C18H18O4S/c19-17(21-15-7-3-1-4-8-15)11-13-23-14-12-18(20)22-16-9-5-2-6-10-16/h1-10H,11-14H2. The number of hydrogen-bond donors (Lipinski definition) is 0. The average molecular weight is 330 g/mol. The highest BCUT2D eigenvalue weighted by molar-refractivity contribution is 7.99. The monoisotopic (exact) mass is 330 g/mol. The molecular formula is C18H18O4S. The van der Waals surface area contributed by atoms with Gasteiger partial charge in [-0.3, -0.25) is 9.59 Å². The second-order valence-corrected chi connectivity index (χ2v) is 5.91. The lowest BCUT2D eigenvalue weighted by Gasteiger charge is -2.05. The van der Waals surface area contributed by atoms with Gasteiger partial charge in [0.2, 0.25) is 0 Å². The maximum atomic E-state index is 11.6. The van der Waals surface area contributed by atoms with Crippen LogP contribution in [-0.4, -0.2) is 23.4 Å². The molecule has 0 radical (unpaired) electrons. The van der Waals surface area contributed by atoms with Gasteiger partial charge in [0.25, 0.3) is 0 Å². The van der Waals surface area contributed by atoms with Crippen LogP contribution >= 0.6 is 11.8 Å². The summed E-state index contributed by atoms with van der Waals surface area (Å²) in [6, 6.07) is 17.9. The molecule has 4 nitrogen and oxygen atoms in total. The Morgan fingerprint density at radius 3 is 1.48 bits per heavy atom. The summed E-state index contributed by atoms with van der Waals surface area (Å²) in [6.45, 7) is 0. The molecule has 0 aromatic heterocycles. The average Bonchev–Trinajstić information content (AvgIpc) is 2.56. The van der Waals surface area contributed by atoms with Crippen molar-refractivity contribution in [3.63, 3.8) is 0 Å². The quantitative estimate of drug-likeness (QED) is 0.419. The minimum Gasteiger partial charge on any atom is -0.427 e. The third kappa shape index (κ3) is 7.02. The highest BCUT2D eigenvalue weighted by atomic mass is 32.2. The molecule has 2 rings (SSSR count). The molecule has 0 aliphatic heterocycles. The number of esters is 2. The molecule has 0 atom stereocenters. The first-order valence-corrected chi connectivity index (χ1v) is 8.49. The van der Waals surface area contributed by atoms with Crippen LogP contribution < -0.4 is 9.47 Å². The second-order valence-electron chi connectivity index (χ2n) is 4.69. The Balaban J connectivity index is 1.55. The minimum atomic E-state index is -0.268. The molecule has 0 aliphatic carbocycles. The van der Waals surface area contributed by atoms with Gasteiger partial charge < -0.3 is 9.47 Å². The van der Waals surface area contributed by atoms with E-state index >= 15 is 0 Å². The van der Waals surface area contributed by atoms with Crippen LogP contribution in [0.3, 0.4) is 0 Å². The lowest BCUT2D eigenvalue weighted by Crippen LogP contribution is -2.10. The predicted octanol–water partition coefficient (Wildman–Crippen LogP) is 3.71. The Morgan fingerprint density at radius 2 is 1.09 bits per heavy atom. The first kappa shape index (κ1) is 17.1. The number of hydrogen-bond acceptors (Lipinski definition) is 5. The highest BCUT2D eigenvalue weighted by Crippen LogP contribution is 2.13. The first-order valence-electron chi connectivity index (χ1n) is 7.33. The van der Waals surface area contributed by atoms with Gasteiger partial charge in [-0.05, 0) is 24.3 Å². The van der Waals surface area contributed by atoms with Crippen LogP contribution in [0.1, 0.15) is 12.8 Å². The fourth-order valence-electron chi connectivity index (χ4n) is 1.76. The zero-order chi connectivity index (χ0) is 16.3. The number of rotatable bonds is 8. The highest BCUT2D eigenvalue weighted by Gasteiger charge is 2.07. The van der Waals surface area contributed by atoms with E-state index in [9.17, 15) is 9.59 Å². The first-order chi connectivity index (χ1) is 11.2. The van der Waals surface area contributed by atoms with Crippen LogP contribution in [0.15, 0.2) is 60.7 Å². The van der Waals surface area contributed by atoms with Crippen LogP contribution in [0.2, 0.25) is 0 Å². The summed E-state index contributed by atoms with van der Waals surface area (Å²) in [5, 5.41) is 0. The van der Waals surface area contributed by atoms with Gasteiger partial charge in [0.05, 0.1) is 12.8 Å². The molecule has 0 saturated heterocycles. The van der Waals surface area contributed by atoms with Crippen LogP contribution in [0.25, 0.3) is 0 Å². The molecule has 0 amide bonds. The third-order valence-corrected chi connectivity index (χ3v) is 3.84. The van der Waals surface area contributed by atoms with Gasteiger partial charge in [-0.15, -0.1) is 0 Å². The molecule has 0 heterocycles. The van der Waals surface area contributed by atoms with E-state index in [2.05, 4.69) is 0 Å². The summed E-state index contributed by atoms with van der Waals surface area (Å²) in [7, 11) is 0. The normalized spacial score (nSPS) is 10.1. The number of ether oxygens (including phenoxy) is 2.